The fourth-order valence-electron chi connectivity index (χ4n) is 3.66. The number of methoxy groups -OCH3 is 1. The van der Waals surface area contributed by atoms with Crippen LogP contribution in [0.25, 0.3) is 0 Å². The number of hydrogen-bond donors (Lipinski definition) is 1. The summed E-state index contributed by atoms with van der Waals surface area (Å²) in [4.78, 5) is 31.0. The predicted molar refractivity (Wildman–Crippen MR) is 106 cm³/mol. The van der Waals surface area contributed by atoms with Crippen LogP contribution in [0.1, 0.15) is 37.6 Å². The van der Waals surface area contributed by atoms with Crippen molar-refractivity contribution in [1.82, 2.24) is 19.8 Å². The summed E-state index contributed by atoms with van der Waals surface area (Å²) in [6.07, 6.45) is 6.44. The first-order valence-corrected chi connectivity index (χ1v) is 9.83. The number of aromatic nitrogens is 2. The molecule has 0 aliphatic carbocycles. The monoisotopic (exact) mass is 384 g/mol. The second kappa shape index (κ2) is 9.39. The molecule has 7 nitrogen and oxygen atoms in total. The number of amides is 2. The maximum absolute atomic E-state index is 12.7. The van der Waals surface area contributed by atoms with Gasteiger partial charge in [0.2, 0.25) is 11.8 Å². The summed E-state index contributed by atoms with van der Waals surface area (Å²) in [6.45, 7) is 3.86. The maximum atomic E-state index is 12.7. The van der Waals surface area contributed by atoms with Crippen LogP contribution in [-0.4, -0.2) is 46.0 Å². The molecule has 1 fully saturated rings. The van der Waals surface area contributed by atoms with E-state index in [0.29, 0.717) is 25.9 Å². The second-order valence-electron chi connectivity index (χ2n) is 6.92. The van der Waals surface area contributed by atoms with Gasteiger partial charge in [-0.1, -0.05) is 25.1 Å². The van der Waals surface area contributed by atoms with Gasteiger partial charge in [0.25, 0.3) is 0 Å². The van der Waals surface area contributed by atoms with Crippen LogP contribution in [0.2, 0.25) is 0 Å². The van der Waals surface area contributed by atoms with Crippen molar-refractivity contribution in [3.05, 3.63) is 48.0 Å². The minimum absolute atomic E-state index is 0.0112. The normalized spacial score (nSPS) is 16.4. The molecule has 1 aromatic carbocycles. The molecule has 1 N–H and O–H groups in total. The van der Waals surface area contributed by atoms with Crippen LogP contribution in [0.5, 0.6) is 5.75 Å². The standard InChI is InChI=1S/C21H28N4O3/c1-3-19-22-12-14-24(19)13-6-11-23-21(27)17-9-10-20(26)25(17)15-16-7-4-5-8-18(16)28-2/h4-5,7-8,12,14,17H,3,6,9-11,13,15H2,1-2H3,(H,23,27)/t17-/m1/s1. The molecule has 28 heavy (non-hydrogen) atoms. The first-order valence-electron chi connectivity index (χ1n) is 9.83. The van der Waals surface area contributed by atoms with Crippen LogP contribution in [0, 0.1) is 0 Å². The third kappa shape index (κ3) is 4.52. The second-order valence-corrected chi connectivity index (χ2v) is 6.92. The lowest BCUT2D eigenvalue weighted by atomic mass is 10.1. The Morgan fingerprint density at radius 2 is 2.18 bits per heavy atom. The Hall–Kier alpha value is -2.83. The van der Waals surface area contributed by atoms with Crippen LogP contribution in [0.4, 0.5) is 0 Å². The van der Waals surface area contributed by atoms with Crippen LogP contribution in [0.3, 0.4) is 0 Å². The first kappa shape index (κ1) is 19.9. The van der Waals surface area contributed by atoms with E-state index in [9.17, 15) is 9.59 Å². The molecule has 7 heteroatoms. The number of nitrogens with zero attached hydrogens (tertiary/aromatic N) is 3. The highest BCUT2D eigenvalue weighted by molar-refractivity contribution is 5.90. The number of para-hydroxylation sites is 1. The van der Waals surface area contributed by atoms with Gasteiger partial charge in [-0.25, -0.2) is 4.98 Å². The molecular weight excluding hydrogens is 356 g/mol. The number of benzene rings is 1. The molecule has 2 heterocycles. The van der Waals surface area contributed by atoms with E-state index in [1.165, 1.54) is 0 Å². The van der Waals surface area contributed by atoms with Gasteiger partial charge in [0, 0.05) is 43.9 Å². The van der Waals surface area contributed by atoms with Crippen LogP contribution < -0.4 is 10.1 Å². The molecule has 1 aliphatic rings. The topological polar surface area (TPSA) is 76.5 Å². The first-order chi connectivity index (χ1) is 13.6. The van der Waals surface area contributed by atoms with Gasteiger partial charge in [-0.05, 0) is 18.9 Å². The lowest BCUT2D eigenvalue weighted by Gasteiger charge is -2.25. The summed E-state index contributed by atoms with van der Waals surface area (Å²) in [5.74, 6) is 1.71. The molecule has 1 saturated heterocycles. The van der Waals surface area contributed by atoms with E-state index in [0.717, 1.165) is 36.5 Å². The van der Waals surface area contributed by atoms with Gasteiger partial charge in [0.1, 0.15) is 17.6 Å². The number of ether oxygens (including phenoxy) is 1. The minimum atomic E-state index is -0.420. The quantitative estimate of drug-likeness (QED) is 0.672. The molecular formula is C21H28N4O3. The van der Waals surface area contributed by atoms with Gasteiger partial charge in [-0.2, -0.15) is 0 Å². The van der Waals surface area contributed by atoms with Gasteiger partial charge in [-0.3, -0.25) is 9.59 Å². The van der Waals surface area contributed by atoms with Crippen LogP contribution in [-0.2, 0) is 29.1 Å². The lowest BCUT2D eigenvalue weighted by Crippen LogP contribution is -2.44. The van der Waals surface area contributed by atoms with E-state index >= 15 is 0 Å². The van der Waals surface area contributed by atoms with Gasteiger partial charge in [0.05, 0.1) is 13.7 Å². The summed E-state index contributed by atoms with van der Waals surface area (Å²) in [7, 11) is 1.61. The Bertz CT molecular complexity index is 817. The highest BCUT2D eigenvalue weighted by Gasteiger charge is 2.36. The fraction of sp³-hybridized carbons (Fsp3) is 0.476. The van der Waals surface area contributed by atoms with Crippen molar-refractivity contribution in [2.24, 2.45) is 0 Å². The van der Waals surface area contributed by atoms with Crippen LogP contribution >= 0.6 is 0 Å². The lowest BCUT2D eigenvalue weighted by molar-refractivity contribution is -0.135. The van der Waals surface area contributed by atoms with Crippen molar-refractivity contribution in [2.45, 2.75) is 51.7 Å². The largest absolute Gasteiger partial charge is 0.496 e. The molecule has 0 saturated carbocycles. The van der Waals surface area contributed by atoms with Crippen molar-refractivity contribution >= 4 is 11.8 Å². The van der Waals surface area contributed by atoms with Crippen molar-refractivity contribution in [3.63, 3.8) is 0 Å². The Morgan fingerprint density at radius 3 is 2.96 bits per heavy atom. The van der Waals surface area contributed by atoms with Gasteiger partial charge in [-0.15, -0.1) is 0 Å². The van der Waals surface area contributed by atoms with Crippen molar-refractivity contribution in [1.29, 1.82) is 0 Å². The number of carbonyl (C=O) groups is 2. The van der Waals surface area contributed by atoms with E-state index in [2.05, 4.69) is 21.8 Å². The van der Waals surface area contributed by atoms with Gasteiger partial charge >= 0.3 is 0 Å². The van der Waals surface area contributed by atoms with Crippen molar-refractivity contribution < 1.29 is 14.3 Å². The maximum Gasteiger partial charge on any atom is 0.242 e. The molecule has 0 spiro atoms. The van der Waals surface area contributed by atoms with E-state index in [4.69, 9.17) is 4.74 Å². The number of hydrogen-bond acceptors (Lipinski definition) is 4. The van der Waals surface area contributed by atoms with E-state index in [1.807, 2.05) is 30.5 Å². The fourth-order valence-corrected chi connectivity index (χ4v) is 3.66. The molecule has 0 unspecified atom stereocenters. The number of imidazole rings is 1. The molecule has 2 amide bonds. The van der Waals surface area contributed by atoms with Gasteiger partial charge < -0.3 is 19.5 Å². The average Bonchev–Trinajstić information content (AvgIpc) is 3.32. The molecule has 3 rings (SSSR count). The molecule has 0 radical (unpaired) electrons. The summed E-state index contributed by atoms with van der Waals surface area (Å²) in [6, 6.07) is 7.18. The molecule has 2 aromatic rings. The predicted octanol–water partition coefficient (Wildman–Crippen LogP) is 2.15. The smallest absolute Gasteiger partial charge is 0.242 e. The molecule has 0 bridgehead atoms. The SMILES string of the molecule is CCc1nccn1CCCNC(=O)[C@H]1CCC(=O)N1Cc1ccccc1OC. The number of nitrogens with one attached hydrogen (secondary N) is 1. The number of carbonyl (C=O) groups excluding carboxylic acids is 2. The molecule has 1 aliphatic heterocycles. The Kier molecular flexibility index (Phi) is 6.68. The summed E-state index contributed by atoms with van der Waals surface area (Å²) in [5.41, 5.74) is 0.908. The Balaban J connectivity index is 1.54. The van der Waals surface area contributed by atoms with Gasteiger partial charge in [0.15, 0.2) is 0 Å². The number of likely N-dealkylation sites (tertiary alicyclic amines) is 1. The zero-order valence-corrected chi connectivity index (χ0v) is 16.6. The summed E-state index contributed by atoms with van der Waals surface area (Å²) in [5, 5.41) is 2.99. The van der Waals surface area contributed by atoms with Crippen molar-refractivity contribution in [3.8, 4) is 5.75 Å². The average molecular weight is 384 g/mol. The van der Waals surface area contributed by atoms with E-state index in [1.54, 1.807) is 18.2 Å². The minimum Gasteiger partial charge on any atom is -0.496 e. The molecule has 1 aromatic heterocycles. The molecule has 1 atom stereocenters. The number of rotatable bonds is 9. The zero-order chi connectivity index (χ0) is 19.9. The Morgan fingerprint density at radius 1 is 1.36 bits per heavy atom. The third-order valence-corrected chi connectivity index (χ3v) is 5.16. The highest BCUT2D eigenvalue weighted by Crippen LogP contribution is 2.25. The third-order valence-electron chi connectivity index (χ3n) is 5.16. The van der Waals surface area contributed by atoms with Crippen molar-refractivity contribution in [2.75, 3.05) is 13.7 Å². The Labute approximate surface area is 165 Å². The van der Waals surface area contributed by atoms with Crippen LogP contribution in [0.15, 0.2) is 36.7 Å². The number of aryl methyl sites for hydroxylation is 2. The summed E-state index contributed by atoms with van der Waals surface area (Å²) >= 11 is 0. The van der Waals surface area contributed by atoms with E-state index < -0.39 is 6.04 Å². The summed E-state index contributed by atoms with van der Waals surface area (Å²) < 4.78 is 7.48. The highest BCUT2D eigenvalue weighted by atomic mass is 16.5. The van der Waals surface area contributed by atoms with E-state index in [-0.39, 0.29) is 11.8 Å². The zero-order valence-electron chi connectivity index (χ0n) is 16.6. The molecule has 150 valence electrons.